The van der Waals surface area contributed by atoms with E-state index in [1.807, 2.05) is 18.7 Å². The predicted molar refractivity (Wildman–Crippen MR) is 58.1 cm³/mol. The van der Waals surface area contributed by atoms with Gasteiger partial charge in [0.15, 0.2) is 0 Å². The third-order valence-electron chi connectivity index (χ3n) is 3.09. The first-order valence-electron chi connectivity index (χ1n) is 5.71. The van der Waals surface area contributed by atoms with Crippen LogP contribution in [0.3, 0.4) is 0 Å². The minimum Gasteiger partial charge on any atom is -0.343 e. The molecule has 1 rings (SSSR count). The van der Waals surface area contributed by atoms with Gasteiger partial charge in [-0.25, -0.2) is 0 Å². The summed E-state index contributed by atoms with van der Waals surface area (Å²) in [5.41, 5.74) is 0. The lowest BCUT2D eigenvalue weighted by Gasteiger charge is -2.30. The third-order valence-corrected chi connectivity index (χ3v) is 3.09. The molecule has 82 valence electrons. The van der Waals surface area contributed by atoms with Crippen molar-refractivity contribution in [1.29, 1.82) is 0 Å². The van der Waals surface area contributed by atoms with E-state index in [0.29, 0.717) is 11.9 Å². The van der Waals surface area contributed by atoms with E-state index < -0.39 is 0 Å². The van der Waals surface area contributed by atoms with Crippen molar-refractivity contribution in [3.8, 4) is 0 Å². The summed E-state index contributed by atoms with van der Waals surface area (Å²) in [5, 5.41) is 3.37. The molecule has 3 heteroatoms. The first-order chi connectivity index (χ1) is 6.69. The normalized spacial score (nSPS) is 27.4. The molecule has 0 aliphatic carbocycles. The van der Waals surface area contributed by atoms with Crippen molar-refractivity contribution in [2.45, 2.75) is 39.7 Å². The zero-order valence-electron chi connectivity index (χ0n) is 9.55. The Morgan fingerprint density at radius 3 is 2.43 bits per heavy atom. The number of carbonyl (C=O) groups excluding carboxylic acids is 1. The minimum absolute atomic E-state index is 0.214. The van der Waals surface area contributed by atoms with E-state index in [2.05, 4.69) is 12.2 Å². The molecule has 0 spiro atoms. The van der Waals surface area contributed by atoms with Crippen LogP contribution >= 0.6 is 0 Å². The summed E-state index contributed by atoms with van der Waals surface area (Å²) in [7, 11) is 0. The van der Waals surface area contributed by atoms with Gasteiger partial charge in [-0.15, -0.1) is 0 Å². The monoisotopic (exact) mass is 198 g/mol. The SMILES string of the molecule is CCN(CC)C(=O)C1CCC(C)NC1. The maximum atomic E-state index is 12.0. The number of nitrogens with one attached hydrogen (secondary N) is 1. The van der Waals surface area contributed by atoms with Crippen molar-refractivity contribution < 1.29 is 4.79 Å². The van der Waals surface area contributed by atoms with Gasteiger partial charge in [0.05, 0.1) is 5.92 Å². The van der Waals surface area contributed by atoms with Crippen LogP contribution in [0.4, 0.5) is 0 Å². The van der Waals surface area contributed by atoms with Crippen molar-refractivity contribution in [2.24, 2.45) is 5.92 Å². The Kier molecular flexibility index (Phi) is 4.39. The Labute approximate surface area is 86.9 Å². The van der Waals surface area contributed by atoms with Gasteiger partial charge in [-0.1, -0.05) is 0 Å². The van der Waals surface area contributed by atoms with E-state index in [0.717, 1.165) is 32.5 Å². The zero-order valence-corrected chi connectivity index (χ0v) is 9.55. The Bertz CT molecular complexity index is 182. The quantitative estimate of drug-likeness (QED) is 0.740. The van der Waals surface area contributed by atoms with Gasteiger partial charge in [-0.2, -0.15) is 0 Å². The van der Waals surface area contributed by atoms with E-state index in [1.54, 1.807) is 0 Å². The summed E-state index contributed by atoms with van der Waals surface area (Å²) in [6, 6.07) is 0.579. The molecular formula is C11H22N2O. The summed E-state index contributed by atoms with van der Waals surface area (Å²) < 4.78 is 0. The maximum absolute atomic E-state index is 12.0. The molecule has 0 aromatic rings. The maximum Gasteiger partial charge on any atom is 0.226 e. The third kappa shape index (κ3) is 2.71. The molecule has 1 amide bonds. The van der Waals surface area contributed by atoms with Gasteiger partial charge in [0, 0.05) is 25.7 Å². The molecule has 0 aromatic heterocycles. The van der Waals surface area contributed by atoms with Gasteiger partial charge in [0.1, 0.15) is 0 Å². The molecule has 1 saturated heterocycles. The Morgan fingerprint density at radius 2 is 2.00 bits per heavy atom. The Balaban J connectivity index is 2.44. The molecule has 3 nitrogen and oxygen atoms in total. The lowest BCUT2D eigenvalue weighted by molar-refractivity contribution is -0.135. The second-order valence-corrected chi connectivity index (χ2v) is 4.09. The molecule has 1 aliphatic heterocycles. The summed E-state index contributed by atoms with van der Waals surface area (Å²) in [6.45, 7) is 8.79. The van der Waals surface area contributed by atoms with Crippen molar-refractivity contribution in [2.75, 3.05) is 19.6 Å². The molecular weight excluding hydrogens is 176 g/mol. The number of carbonyl (C=O) groups is 1. The first-order valence-corrected chi connectivity index (χ1v) is 5.71. The fourth-order valence-corrected chi connectivity index (χ4v) is 2.00. The number of nitrogens with zero attached hydrogens (tertiary/aromatic N) is 1. The highest BCUT2D eigenvalue weighted by atomic mass is 16.2. The van der Waals surface area contributed by atoms with Crippen molar-refractivity contribution in [1.82, 2.24) is 10.2 Å². The van der Waals surface area contributed by atoms with Crippen LogP contribution < -0.4 is 5.32 Å². The molecule has 0 radical (unpaired) electrons. The van der Waals surface area contributed by atoms with E-state index in [9.17, 15) is 4.79 Å². The largest absolute Gasteiger partial charge is 0.343 e. The summed E-state index contributed by atoms with van der Waals surface area (Å²) >= 11 is 0. The van der Waals surface area contributed by atoms with E-state index in [1.165, 1.54) is 0 Å². The minimum atomic E-state index is 0.214. The average molecular weight is 198 g/mol. The molecule has 14 heavy (non-hydrogen) atoms. The molecule has 0 bridgehead atoms. The molecule has 1 N–H and O–H groups in total. The van der Waals surface area contributed by atoms with Crippen LogP contribution in [-0.4, -0.2) is 36.5 Å². The number of amides is 1. The van der Waals surface area contributed by atoms with E-state index in [-0.39, 0.29) is 5.92 Å². The summed E-state index contributed by atoms with van der Waals surface area (Å²) in [5.74, 6) is 0.542. The molecule has 1 aliphatic rings. The first kappa shape index (κ1) is 11.5. The Morgan fingerprint density at radius 1 is 1.36 bits per heavy atom. The fourth-order valence-electron chi connectivity index (χ4n) is 2.00. The molecule has 2 unspecified atom stereocenters. The molecule has 0 saturated carbocycles. The van der Waals surface area contributed by atoms with Crippen LogP contribution in [0.2, 0.25) is 0 Å². The van der Waals surface area contributed by atoms with Crippen molar-refractivity contribution in [3.63, 3.8) is 0 Å². The van der Waals surface area contributed by atoms with Crippen molar-refractivity contribution in [3.05, 3.63) is 0 Å². The zero-order chi connectivity index (χ0) is 10.6. The Hall–Kier alpha value is -0.570. The molecule has 0 aromatic carbocycles. The van der Waals surface area contributed by atoms with Crippen LogP contribution in [0.1, 0.15) is 33.6 Å². The second kappa shape index (κ2) is 5.35. The number of hydrogen-bond donors (Lipinski definition) is 1. The lowest BCUT2D eigenvalue weighted by atomic mass is 9.94. The average Bonchev–Trinajstić information content (AvgIpc) is 2.20. The highest BCUT2D eigenvalue weighted by Gasteiger charge is 2.26. The van der Waals surface area contributed by atoms with Gasteiger partial charge in [-0.3, -0.25) is 4.79 Å². The second-order valence-electron chi connectivity index (χ2n) is 4.09. The van der Waals surface area contributed by atoms with Crippen LogP contribution in [0.5, 0.6) is 0 Å². The number of piperidine rings is 1. The van der Waals surface area contributed by atoms with Gasteiger partial charge < -0.3 is 10.2 Å². The van der Waals surface area contributed by atoms with Gasteiger partial charge in [0.25, 0.3) is 0 Å². The highest BCUT2D eigenvalue weighted by molar-refractivity contribution is 5.79. The van der Waals surface area contributed by atoms with Crippen LogP contribution in [-0.2, 0) is 4.79 Å². The van der Waals surface area contributed by atoms with Gasteiger partial charge >= 0.3 is 0 Å². The topological polar surface area (TPSA) is 32.3 Å². The molecule has 2 atom stereocenters. The molecule has 1 heterocycles. The van der Waals surface area contributed by atoms with Crippen LogP contribution in [0.15, 0.2) is 0 Å². The smallest absolute Gasteiger partial charge is 0.226 e. The number of hydrogen-bond acceptors (Lipinski definition) is 2. The standard InChI is InChI=1S/C11H22N2O/c1-4-13(5-2)11(14)10-7-6-9(3)12-8-10/h9-10,12H,4-8H2,1-3H3. The summed E-state index contributed by atoms with van der Waals surface area (Å²) in [4.78, 5) is 13.9. The van der Waals surface area contributed by atoms with Crippen LogP contribution in [0, 0.1) is 5.92 Å². The fraction of sp³-hybridized carbons (Fsp3) is 0.909. The molecule has 1 fully saturated rings. The number of rotatable bonds is 3. The van der Waals surface area contributed by atoms with Crippen molar-refractivity contribution >= 4 is 5.91 Å². The van der Waals surface area contributed by atoms with Gasteiger partial charge in [-0.05, 0) is 33.6 Å². The van der Waals surface area contributed by atoms with Crippen LogP contribution in [0.25, 0.3) is 0 Å². The lowest BCUT2D eigenvalue weighted by Crippen LogP contribution is -2.45. The predicted octanol–water partition coefficient (Wildman–Crippen LogP) is 1.24. The highest BCUT2D eigenvalue weighted by Crippen LogP contribution is 2.16. The van der Waals surface area contributed by atoms with E-state index in [4.69, 9.17) is 0 Å². The summed E-state index contributed by atoms with van der Waals surface area (Å²) in [6.07, 6.45) is 2.17. The van der Waals surface area contributed by atoms with E-state index >= 15 is 0 Å². The van der Waals surface area contributed by atoms with Gasteiger partial charge in [0.2, 0.25) is 5.91 Å².